The van der Waals surface area contributed by atoms with Gasteiger partial charge in [0, 0.05) is 5.69 Å². The molecule has 3 rings (SSSR count). The summed E-state index contributed by atoms with van der Waals surface area (Å²) in [4.78, 5) is 24.3. The summed E-state index contributed by atoms with van der Waals surface area (Å²) < 4.78 is 16.3. The van der Waals surface area contributed by atoms with Crippen molar-refractivity contribution in [2.24, 2.45) is 0 Å². The molecule has 0 fully saturated rings. The number of anilines is 1. The lowest BCUT2D eigenvalue weighted by molar-refractivity contribution is -0.112. The number of amides is 1. The average Bonchev–Trinajstić information content (AvgIpc) is 2.88. The van der Waals surface area contributed by atoms with Gasteiger partial charge in [0.2, 0.25) is 0 Å². The fourth-order valence-electron chi connectivity index (χ4n) is 3.24. The van der Waals surface area contributed by atoms with Gasteiger partial charge in [-0.3, -0.25) is 4.79 Å². The summed E-state index contributed by atoms with van der Waals surface area (Å²) in [5, 5.41) is 12.5. The Bertz CT molecular complexity index is 1310. The molecule has 0 radical (unpaired) electrons. The molecule has 1 N–H and O–H groups in total. The van der Waals surface area contributed by atoms with Gasteiger partial charge in [0.05, 0.1) is 24.3 Å². The van der Waals surface area contributed by atoms with Gasteiger partial charge in [-0.1, -0.05) is 41.4 Å². The molecule has 0 aliphatic carbocycles. The van der Waals surface area contributed by atoms with E-state index in [1.165, 1.54) is 25.3 Å². The van der Waals surface area contributed by atoms with Crippen LogP contribution < -0.4 is 14.8 Å². The number of rotatable bonds is 9. The fourth-order valence-corrected chi connectivity index (χ4v) is 3.51. The number of aryl methyl sites for hydroxylation is 1. The Morgan fingerprint density at radius 2 is 1.75 bits per heavy atom. The normalized spacial score (nSPS) is 10.8. The van der Waals surface area contributed by atoms with Crippen LogP contribution in [0.25, 0.3) is 6.08 Å². The highest BCUT2D eigenvalue weighted by Crippen LogP contribution is 2.38. The lowest BCUT2D eigenvalue weighted by atomic mass is 10.1. The molecule has 0 unspecified atom stereocenters. The smallest absolute Gasteiger partial charge is 0.337 e. The number of esters is 1. The van der Waals surface area contributed by atoms with Crippen LogP contribution in [0.2, 0.25) is 5.02 Å². The van der Waals surface area contributed by atoms with E-state index in [0.717, 1.165) is 11.1 Å². The third-order valence-electron chi connectivity index (χ3n) is 5.08. The Labute approximate surface area is 214 Å². The minimum absolute atomic E-state index is 0.140. The van der Waals surface area contributed by atoms with Crippen molar-refractivity contribution in [3.63, 3.8) is 0 Å². The number of ether oxygens (including phenoxy) is 3. The molecule has 0 heterocycles. The maximum Gasteiger partial charge on any atom is 0.337 e. The van der Waals surface area contributed by atoms with Crippen LogP contribution in [0.4, 0.5) is 5.69 Å². The van der Waals surface area contributed by atoms with Crippen LogP contribution in [-0.4, -0.2) is 25.6 Å². The third kappa shape index (κ3) is 6.87. The highest BCUT2D eigenvalue weighted by Gasteiger charge is 2.15. The fraction of sp³-hybridized carbons (Fsp3) is 0.179. The van der Waals surface area contributed by atoms with Crippen molar-refractivity contribution < 1.29 is 23.8 Å². The molecular formula is C28H25ClN2O5. The van der Waals surface area contributed by atoms with Gasteiger partial charge >= 0.3 is 5.97 Å². The average molecular weight is 505 g/mol. The standard InChI is InChI=1S/C28H25ClN2O5/c1-4-35-25-15-20(14-24(29)26(25)36-17-19-7-5-18(2)6-8-19)13-22(16-30)27(32)31-23-11-9-21(10-12-23)28(33)34-3/h5-15H,4,17H2,1-3H3,(H,31,32)/b22-13+. The molecule has 0 saturated carbocycles. The number of nitrogens with one attached hydrogen (secondary N) is 1. The number of hydrogen-bond donors (Lipinski definition) is 1. The molecule has 0 bridgehead atoms. The van der Waals surface area contributed by atoms with Crippen LogP contribution in [0, 0.1) is 18.3 Å². The van der Waals surface area contributed by atoms with Gasteiger partial charge < -0.3 is 19.5 Å². The van der Waals surface area contributed by atoms with Gasteiger partial charge in [-0.05, 0) is 67.4 Å². The van der Waals surface area contributed by atoms with Crippen molar-refractivity contribution in [3.8, 4) is 17.6 Å². The third-order valence-corrected chi connectivity index (χ3v) is 5.36. The van der Waals surface area contributed by atoms with Gasteiger partial charge in [0.25, 0.3) is 5.91 Å². The zero-order chi connectivity index (χ0) is 26.1. The van der Waals surface area contributed by atoms with Crippen LogP contribution in [0.1, 0.15) is 34.0 Å². The summed E-state index contributed by atoms with van der Waals surface area (Å²) in [6, 6.07) is 19.2. The zero-order valence-electron chi connectivity index (χ0n) is 20.1. The zero-order valence-corrected chi connectivity index (χ0v) is 20.9. The monoisotopic (exact) mass is 504 g/mol. The molecular weight excluding hydrogens is 480 g/mol. The van der Waals surface area contributed by atoms with Crippen LogP contribution in [0.3, 0.4) is 0 Å². The first kappa shape index (κ1) is 26.3. The van der Waals surface area contributed by atoms with E-state index in [0.29, 0.717) is 41.5 Å². The van der Waals surface area contributed by atoms with E-state index in [-0.39, 0.29) is 10.6 Å². The number of carbonyl (C=O) groups excluding carboxylic acids is 2. The van der Waals surface area contributed by atoms with Crippen molar-refractivity contribution in [3.05, 3.63) is 93.5 Å². The Balaban J connectivity index is 1.80. The summed E-state index contributed by atoms with van der Waals surface area (Å²) in [5.74, 6) is -0.319. The summed E-state index contributed by atoms with van der Waals surface area (Å²) in [6.07, 6.45) is 1.41. The van der Waals surface area contributed by atoms with Crippen molar-refractivity contribution in [2.75, 3.05) is 19.0 Å². The second-order valence-corrected chi connectivity index (χ2v) is 8.14. The Kier molecular flexibility index (Phi) is 9.09. The number of nitriles is 1. The van der Waals surface area contributed by atoms with Crippen molar-refractivity contribution >= 4 is 35.2 Å². The molecule has 0 saturated heterocycles. The van der Waals surface area contributed by atoms with Crippen LogP contribution in [0.15, 0.2) is 66.2 Å². The highest BCUT2D eigenvalue weighted by atomic mass is 35.5. The molecule has 1 amide bonds. The molecule has 3 aromatic rings. The molecule has 7 nitrogen and oxygen atoms in total. The Morgan fingerprint density at radius 1 is 1.06 bits per heavy atom. The minimum Gasteiger partial charge on any atom is -0.490 e. The van der Waals surface area contributed by atoms with Gasteiger partial charge in [-0.15, -0.1) is 0 Å². The summed E-state index contributed by atoms with van der Waals surface area (Å²) in [5.41, 5.74) is 3.25. The largest absolute Gasteiger partial charge is 0.490 e. The van der Waals surface area contributed by atoms with E-state index < -0.39 is 11.9 Å². The second kappa shape index (κ2) is 12.4. The van der Waals surface area contributed by atoms with E-state index in [1.807, 2.05) is 44.2 Å². The Hall–Kier alpha value is -4.28. The van der Waals surface area contributed by atoms with E-state index in [4.69, 9.17) is 21.1 Å². The molecule has 3 aromatic carbocycles. The van der Waals surface area contributed by atoms with Crippen LogP contribution >= 0.6 is 11.6 Å². The van der Waals surface area contributed by atoms with Crippen LogP contribution in [-0.2, 0) is 16.1 Å². The summed E-state index contributed by atoms with van der Waals surface area (Å²) >= 11 is 6.49. The molecule has 0 aromatic heterocycles. The summed E-state index contributed by atoms with van der Waals surface area (Å²) in [7, 11) is 1.29. The highest BCUT2D eigenvalue weighted by molar-refractivity contribution is 6.32. The van der Waals surface area contributed by atoms with E-state index in [2.05, 4.69) is 10.1 Å². The van der Waals surface area contributed by atoms with Crippen molar-refractivity contribution in [1.82, 2.24) is 0 Å². The first-order valence-corrected chi connectivity index (χ1v) is 11.5. The number of halogens is 1. The van der Waals surface area contributed by atoms with E-state index >= 15 is 0 Å². The van der Waals surface area contributed by atoms with Gasteiger partial charge in [-0.2, -0.15) is 5.26 Å². The van der Waals surface area contributed by atoms with Gasteiger partial charge in [-0.25, -0.2) is 4.79 Å². The molecule has 0 spiro atoms. The molecule has 0 atom stereocenters. The number of carbonyl (C=O) groups is 2. The first-order valence-electron chi connectivity index (χ1n) is 11.1. The Morgan fingerprint density at radius 3 is 2.36 bits per heavy atom. The van der Waals surface area contributed by atoms with Gasteiger partial charge in [0.15, 0.2) is 11.5 Å². The molecule has 0 aliphatic rings. The van der Waals surface area contributed by atoms with E-state index in [1.54, 1.807) is 24.3 Å². The predicted molar refractivity (Wildman–Crippen MR) is 138 cm³/mol. The molecule has 36 heavy (non-hydrogen) atoms. The lowest BCUT2D eigenvalue weighted by Crippen LogP contribution is -2.13. The predicted octanol–water partition coefficient (Wildman–Crippen LogP) is 5.96. The SMILES string of the molecule is CCOc1cc(/C=C(\C#N)C(=O)Nc2ccc(C(=O)OC)cc2)cc(Cl)c1OCc1ccc(C)cc1. The topological polar surface area (TPSA) is 97.7 Å². The van der Waals surface area contributed by atoms with Crippen molar-refractivity contribution in [2.45, 2.75) is 20.5 Å². The quantitative estimate of drug-likeness (QED) is 0.219. The summed E-state index contributed by atoms with van der Waals surface area (Å²) in [6.45, 7) is 4.52. The van der Waals surface area contributed by atoms with Gasteiger partial charge in [0.1, 0.15) is 18.2 Å². The number of benzene rings is 3. The number of nitrogens with zero attached hydrogens (tertiary/aromatic N) is 1. The number of methoxy groups -OCH3 is 1. The molecule has 0 aliphatic heterocycles. The van der Waals surface area contributed by atoms with Crippen molar-refractivity contribution in [1.29, 1.82) is 5.26 Å². The maximum atomic E-state index is 12.7. The van der Waals surface area contributed by atoms with E-state index in [9.17, 15) is 14.9 Å². The maximum absolute atomic E-state index is 12.7. The number of hydrogen-bond acceptors (Lipinski definition) is 6. The minimum atomic E-state index is -0.614. The second-order valence-electron chi connectivity index (χ2n) is 7.73. The lowest BCUT2D eigenvalue weighted by Gasteiger charge is -2.15. The van der Waals surface area contributed by atoms with Crippen LogP contribution in [0.5, 0.6) is 11.5 Å². The first-order chi connectivity index (χ1) is 17.3. The molecule has 184 valence electrons. The molecule has 8 heteroatoms.